The van der Waals surface area contributed by atoms with Gasteiger partial charge in [0.2, 0.25) is 0 Å². The molecule has 1 aliphatic carbocycles. The van der Waals surface area contributed by atoms with Crippen molar-refractivity contribution in [2.24, 2.45) is 0 Å². The third kappa shape index (κ3) is 1.86. The number of ether oxygens (including phenoxy) is 1. The molecule has 0 saturated carbocycles. The Morgan fingerprint density at radius 1 is 1.28 bits per heavy atom. The molecule has 0 heterocycles. The molecule has 0 unspecified atom stereocenters. The van der Waals surface area contributed by atoms with Gasteiger partial charge >= 0.3 is 5.97 Å². The molecule has 0 N–H and O–H groups in total. The van der Waals surface area contributed by atoms with E-state index in [0.29, 0.717) is 6.42 Å². The lowest BCUT2D eigenvalue weighted by Gasteiger charge is -2.24. The number of fused-ring (bicyclic) bond motifs is 1. The van der Waals surface area contributed by atoms with Gasteiger partial charge in [-0.3, -0.25) is 4.79 Å². The molecule has 2 rings (SSSR count). The van der Waals surface area contributed by atoms with Gasteiger partial charge < -0.3 is 4.74 Å². The number of methoxy groups -OCH3 is 1. The molecule has 0 fully saturated rings. The highest BCUT2D eigenvalue weighted by atomic mass is 16.5. The number of benzene rings is 1. The van der Waals surface area contributed by atoms with Crippen LogP contribution < -0.4 is 0 Å². The molecule has 0 saturated heterocycles. The molecular weight excluding hydrogens is 224 g/mol. The summed E-state index contributed by atoms with van der Waals surface area (Å²) in [4.78, 5) is 11.6. The Balaban J connectivity index is 2.53. The van der Waals surface area contributed by atoms with Gasteiger partial charge in [-0.05, 0) is 28.7 Å². The van der Waals surface area contributed by atoms with Gasteiger partial charge in [-0.25, -0.2) is 0 Å². The van der Waals surface area contributed by atoms with Gasteiger partial charge in [0.05, 0.1) is 13.5 Å². The lowest BCUT2D eigenvalue weighted by molar-refractivity contribution is -0.139. The predicted molar refractivity (Wildman–Crippen MR) is 73.3 cm³/mol. The van der Waals surface area contributed by atoms with Gasteiger partial charge in [0, 0.05) is 5.41 Å². The molecule has 0 atom stereocenters. The van der Waals surface area contributed by atoms with Crippen molar-refractivity contribution in [2.75, 3.05) is 7.11 Å². The third-order valence-corrected chi connectivity index (χ3v) is 3.95. The minimum Gasteiger partial charge on any atom is -0.469 e. The van der Waals surface area contributed by atoms with Crippen LogP contribution in [0, 0.1) is 0 Å². The van der Waals surface area contributed by atoms with Crippen LogP contribution in [0.4, 0.5) is 0 Å². The van der Waals surface area contributed by atoms with Crippen molar-refractivity contribution in [2.45, 2.75) is 39.0 Å². The second-order valence-corrected chi connectivity index (χ2v) is 5.23. The molecule has 0 radical (unpaired) electrons. The topological polar surface area (TPSA) is 26.3 Å². The van der Waals surface area contributed by atoms with Gasteiger partial charge in [0.1, 0.15) is 0 Å². The van der Waals surface area contributed by atoms with Crippen molar-refractivity contribution in [1.82, 2.24) is 0 Å². The SMILES string of the molecule is CCC1=C(CC(=O)OC)C(C)(C)c2ccccc21. The molecule has 0 bridgehead atoms. The molecule has 0 aliphatic heterocycles. The van der Waals surface area contributed by atoms with Crippen molar-refractivity contribution in [3.8, 4) is 0 Å². The smallest absolute Gasteiger partial charge is 0.309 e. The first kappa shape index (κ1) is 12.9. The molecule has 1 aromatic rings. The first-order valence-electron chi connectivity index (χ1n) is 6.41. The number of esters is 1. The molecule has 2 heteroatoms. The molecular formula is C16H20O2. The standard InChI is InChI=1S/C16H20O2/c1-5-11-12-8-6-7-9-13(12)16(2,3)14(11)10-15(17)18-4/h6-9H,5,10H2,1-4H3. The van der Waals surface area contributed by atoms with Crippen molar-refractivity contribution in [3.05, 3.63) is 41.0 Å². The third-order valence-electron chi connectivity index (χ3n) is 3.95. The quantitative estimate of drug-likeness (QED) is 0.758. The first-order valence-corrected chi connectivity index (χ1v) is 6.41. The number of carbonyl (C=O) groups excluding carboxylic acids is 1. The summed E-state index contributed by atoms with van der Waals surface area (Å²) in [5, 5.41) is 0. The van der Waals surface area contributed by atoms with Crippen LogP contribution in [0.15, 0.2) is 29.8 Å². The van der Waals surface area contributed by atoms with Crippen molar-refractivity contribution in [3.63, 3.8) is 0 Å². The zero-order valence-electron chi connectivity index (χ0n) is 11.5. The van der Waals surface area contributed by atoms with E-state index in [0.717, 1.165) is 6.42 Å². The summed E-state index contributed by atoms with van der Waals surface area (Å²) in [5.41, 5.74) is 5.06. The Kier molecular flexibility index (Phi) is 3.29. The summed E-state index contributed by atoms with van der Waals surface area (Å²) >= 11 is 0. The zero-order chi connectivity index (χ0) is 13.3. The van der Waals surface area contributed by atoms with Gasteiger partial charge in [-0.2, -0.15) is 0 Å². The van der Waals surface area contributed by atoms with Crippen LogP contribution in [-0.4, -0.2) is 13.1 Å². The summed E-state index contributed by atoms with van der Waals surface area (Å²) in [6.07, 6.45) is 1.34. The van der Waals surface area contributed by atoms with E-state index in [1.54, 1.807) is 0 Å². The van der Waals surface area contributed by atoms with E-state index in [2.05, 4.69) is 45.0 Å². The average Bonchev–Trinajstić information content (AvgIpc) is 2.58. The normalized spacial score (nSPS) is 16.7. The Labute approximate surface area is 109 Å². The Morgan fingerprint density at radius 3 is 2.56 bits per heavy atom. The minimum atomic E-state index is -0.156. The van der Waals surface area contributed by atoms with E-state index in [1.165, 1.54) is 29.4 Å². The average molecular weight is 244 g/mol. The van der Waals surface area contributed by atoms with Crippen LogP contribution in [0.3, 0.4) is 0 Å². The zero-order valence-corrected chi connectivity index (χ0v) is 11.5. The van der Waals surface area contributed by atoms with E-state index < -0.39 is 0 Å². The van der Waals surface area contributed by atoms with E-state index in [-0.39, 0.29) is 11.4 Å². The van der Waals surface area contributed by atoms with Gasteiger partial charge in [-0.15, -0.1) is 0 Å². The maximum Gasteiger partial charge on any atom is 0.309 e. The molecule has 0 amide bonds. The van der Waals surface area contributed by atoms with Crippen molar-refractivity contribution < 1.29 is 9.53 Å². The summed E-state index contributed by atoms with van der Waals surface area (Å²) in [5.74, 6) is -0.156. The Hall–Kier alpha value is -1.57. The number of carbonyl (C=O) groups is 1. The molecule has 2 nitrogen and oxygen atoms in total. The molecule has 0 aromatic heterocycles. The maximum atomic E-state index is 11.6. The highest BCUT2D eigenvalue weighted by Crippen LogP contribution is 2.48. The monoisotopic (exact) mass is 244 g/mol. The number of hydrogen-bond acceptors (Lipinski definition) is 2. The van der Waals surface area contributed by atoms with Crippen molar-refractivity contribution in [1.29, 1.82) is 0 Å². The van der Waals surface area contributed by atoms with Crippen LogP contribution in [0.2, 0.25) is 0 Å². The summed E-state index contributed by atoms with van der Waals surface area (Å²) in [7, 11) is 1.45. The number of hydrogen-bond donors (Lipinski definition) is 0. The van der Waals surface area contributed by atoms with Crippen molar-refractivity contribution >= 4 is 11.5 Å². The van der Waals surface area contributed by atoms with Gasteiger partial charge in [0.15, 0.2) is 0 Å². The lowest BCUT2D eigenvalue weighted by Crippen LogP contribution is -2.20. The van der Waals surface area contributed by atoms with E-state index in [1.807, 2.05) is 0 Å². The van der Waals surface area contributed by atoms with E-state index in [9.17, 15) is 4.79 Å². The fourth-order valence-corrected chi connectivity index (χ4v) is 2.94. The predicted octanol–water partition coefficient (Wildman–Crippen LogP) is 3.70. The highest BCUT2D eigenvalue weighted by Gasteiger charge is 2.37. The molecule has 1 aromatic carbocycles. The number of allylic oxidation sites excluding steroid dienone is 1. The fraction of sp³-hybridized carbons (Fsp3) is 0.438. The van der Waals surface area contributed by atoms with Gasteiger partial charge in [0.25, 0.3) is 0 Å². The molecule has 1 aliphatic rings. The largest absolute Gasteiger partial charge is 0.469 e. The first-order chi connectivity index (χ1) is 8.52. The fourth-order valence-electron chi connectivity index (χ4n) is 2.94. The van der Waals surface area contributed by atoms with E-state index in [4.69, 9.17) is 4.74 Å². The van der Waals surface area contributed by atoms with Gasteiger partial charge in [-0.1, -0.05) is 45.0 Å². The number of rotatable bonds is 3. The Morgan fingerprint density at radius 2 is 1.94 bits per heavy atom. The van der Waals surface area contributed by atoms with Crippen LogP contribution in [-0.2, 0) is 14.9 Å². The maximum absolute atomic E-state index is 11.6. The summed E-state index contributed by atoms with van der Waals surface area (Å²) < 4.78 is 4.82. The summed E-state index contributed by atoms with van der Waals surface area (Å²) in [6.45, 7) is 6.52. The van der Waals surface area contributed by atoms with Crippen LogP contribution in [0.5, 0.6) is 0 Å². The lowest BCUT2D eigenvalue weighted by atomic mass is 9.80. The molecule has 18 heavy (non-hydrogen) atoms. The summed E-state index contributed by atoms with van der Waals surface area (Å²) in [6, 6.07) is 8.44. The van der Waals surface area contributed by atoms with Crippen LogP contribution in [0.1, 0.15) is 44.7 Å². The molecule has 96 valence electrons. The second-order valence-electron chi connectivity index (χ2n) is 5.23. The van der Waals surface area contributed by atoms with Crippen LogP contribution >= 0.6 is 0 Å². The highest BCUT2D eigenvalue weighted by molar-refractivity contribution is 5.85. The van der Waals surface area contributed by atoms with Crippen LogP contribution in [0.25, 0.3) is 5.57 Å². The Bertz CT molecular complexity index is 510. The minimum absolute atomic E-state index is 0.0733. The molecule has 0 spiro atoms. The van der Waals surface area contributed by atoms with E-state index >= 15 is 0 Å². The second kappa shape index (κ2) is 4.60.